The van der Waals surface area contributed by atoms with Crippen LogP contribution >= 0.6 is 11.6 Å². The zero-order valence-corrected chi connectivity index (χ0v) is 24.9. The quantitative estimate of drug-likeness (QED) is 0.133. The summed E-state index contributed by atoms with van der Waals surface area (Å²) < 4.78 is 34.2. The highest BCUT2D eigenvalue weighted by molar-refractivity contribution is 7.89. The van der Waals surface area contributed by atoms with Crippen LogP contribution in [0.25, 0.3) is 0 Å². The zero-order chi connectivity index (χ0) is 30.3. The number of hydrazone groups is 1. The number of halogens is 1. The molecule has 0 radical (unpaired) electrons. The smallest absolute Gasteiger partial charge is 0.329 e. The average molecular weight is 607 g/mol. The molecule has 9 nitrogen and oxygen atoms in total. The summed E-state index contributed by atoms with van der Waals surface area (Å²) in [6.45, 7) is 6.13. The van der Waals surface area contributed by atoms with Gasteiger partial charge in [-0.25, -0.2) is 13.8 Å². The summed E-state index contributed by atoms with van der Waals surface area (Å²) in [6, 6.07) is 24.0. The summed E-state index contributed by atoms with van der Waals surface area (Å²) in [5.41, 5.74) is 5.63. The molecule has 3 aromatic carbocycles. The number of hydrogen-bond acceptors (Lipinski definition) is 6. The van der Waals surface area contributed by atoms with Crippen LogP contribution in [0, 0.1) is 6.92 Å². The molecule has 0 saturated carbocycles. The summed E-state index contributed by atoms with van der Waals surface area (Å²) in [4.78, 5) is 24.5. The predicted octanol–water partition coefficient (Wildman–Crippen LogP) is 5.84. The van der Waals surface area contributed by atoms with E-state index in [0.29, 0.717) is 22.4 Å². The molecule has 0 saturated heterocycles. The van der Waals surface area contributed by atoms with Gasteiger partial charge in [-0.2, -0.15) is 9.41 Å². The van der Waals surface area contributed by atoms with Gasteiger partial charge in [0, 0.05) is 17.3 Å². The zero-order valence-electron chi connectivity index (χ0n) is 23.4. The van der Waals surface area contributed by atoms with Crippen molar-refractivity contribution in [1.29, 1.82) is 0 Å². The summed E-state index contributed by atoms with van der Waals surface area (Å²) in [7, 11) is -3.91. The molecule has 11 heteroatoms. The molecule has 0 aliphatic carbocycles. The molecule has 0 spiro atoms. The number of amides is 2. The Morgan fingerprint density at radius 1 is 0.905 bits per heavy atom. The second-order valence-electron chi connectivity index (χ2n) is 9.95. The van der Waals surface area contributed by atoms with E-state index in [9.17, 15) is 18.0 Å². The van der Waals surface area contributed by atoms with Crippen LogP contribution in [-0.4, -0.2) is 30.8 Å². The van der Waals surface area contributed by atoms with Crippen LogP contribution in [-0.2, 0) is 32.7 Å². The normalized spacial score (nSPS) is 11.8. The van der Waals surface area contributed by atoms with E-state index in [1.165, 1.54) is 34.8 Å². The Bertz CT molecular complexity index is 1660. The van der Waals surface area contributed by atoms with Crippen molar-refractivity contribution in [3.63, 3.8) is 0 Å². The van der Waals surface area contributed by atoms with Crippen molar-refractivity contribution in [2.75, 3.05) is 5.32 Å². The molecule has 218 valence electrons. The molecule has 0 bridgehead atoms. The number of rotatable bonds is 10. The van der Waals surface area contributed by atoms with Gasteiger partial charge in [-0.1, -0.05) is 67.4 Å². The van der Waals surface area contributed by atoms with Crippen molar-refractivity contribution in [2.45, 2.75) is 44.7 Å². The van der Waals surface area contributed by atoms with Gasteiger partial charge in [-0.15, -0.1) is 0 Å². The molecule has 2 amide bonds. The van der Waals surface area contributed by atoms with E-state index in [1.54, 1.807) is 24.3 Å². The van der Waals surface area contributed by atoms with Crippen LogP contribution < -0.4 is 10.7 Å². The van der Waals surface area contributed by atoms with Gasteiger partial charge in [0.05, 0.1) is 17.7 Å². The lowest BCUT2D eigenvalue weighted by atomic mass is 10.0. The third-order valence-electron chi connectivity index (χ3n) is 6.34. The number of nitrogens with zero attached hydrogens (tertiary/aromatic N) is 2. The van der Waals surface area contributed by atoms with Gasteiger partial charge < -0.3 is 9.73 Å². The molecule has 0 atom stereocenters. The number of furan rings is 1. The van der Waals surface area contributed by atoms with Crippen molar-refractivity contribution in [3.05, 3.63) is 118 Å². The van der Waals surface area contributed by atoms with Crippen molar-refractivity contribution in [2.24, 2.45) is 5.10 Å². The van der Waals surface area contributed by atoms with Crippen LogP contribution in [0.15, 0.2) is 99.3 Å². The van der Waals surface area contributed by atoms with Crippen LogP contribution in [0.2, 0.25) is 5.02 Å². The van der Waals surface area contributed by atoms with Gasteiger partial charge in [0.2, 0.25) is 10.0 Å². The Labute approximate surface area is 250 Å². The van der Waals surface area contributed by atoms with E-state index in [-0.39, 0.29) is 23.7 Å². The third-order valence-corrected chi connectivity index (χ3v) is 8.40. The molecular formula is C31H31ClN4O5S. The first-order chi connectivity index (χ1) is 20.0. The van der Waals surface area contributed by atoms with Crippen molar-refractivity contribution in [1.82, 2.24) is 9.73 Å². The fraction of sp³-hybridized carbons (Fsp3) is 0.194. The number of nitrogens with one attached hydrogen (secondary N) is 2. The molecule has 4 aromatic rings. The van der Waals surface area contributed by atoms with E-state index in [4.69, 9.17) is 16.0 Å². The molecule has 2 N–H and O–H groups in total. The molecule has 4 rings (SSSR count). The molecule has 0 aliphatic heterocycles. The minimum Gasteiger partial charge on any atom is -0.459 e. The largest absolute Gasteiger partial charge is 0.459 e. The van der Waals surface area contributed by atoms with E-state index in [1.807, 2.05) is 43.3 Å². The lowest BCUT2D eigenvalue weighted by Crippen LogP contribution is -2.32. The molecule has 0 aliphatic rings. The summed E-state index contributed by atoms with van der Waals surface area (Å²) >= 11 is 5.96. The first-order valence-electron chi connectivity index (χ1n) is 13.2. The van der Waals surface area contributed by atoms with Gasteiger partial charge in [-0.05, 0) is 72.5 Å². The second kappa shape index (κ2) is 13.6. The highest BCUT2D eigenvalue weighted by Crippen LogP contribution is 2.24. The molecule has 0 unspecified atom stereocenters. The number of anilines is 1. The minimum atomic E-state index is -3.91. The van der Waals surface area contributed by atoms with Crippen molar-refractivity contribution >= 4 is 45.3 Å². The fourth-order valence-electron chi connectivity index (χ4n) is 3.95. The summed E-state index contributed by atoms with van der Waals surface area (Å²) in [6.07, 6.45) is 1.23. The van der Waals surface area contributed by atoms with E-state index in [0.717, 1.165) is 16.7 Å². The number of hydrogen-bond donors (Lipinski definition) is 2. The Balaban J connectivity index is 1.41. The molecule has 42 heavy (non-hydrogen) atoms. The summed E-state index contributed by atoms with van der Waals surface area (Å²) in [5, 5.41) is 6.74. The lowest BCUT2D eigenvalue weighted by molar-refractivity contribution is -0.136. The second-order valence-corrected chi connectivity index (χ2v) is 12.3. The lowest BCUT2D eigenvalue weighted by Gasteiger charge is -2.21. The number of carbonyl (C=O) groups is 2. The SMILES string of the molecule is Cc1ccc(CN(Cc2ccc(/C=N/NC(=O)C(=O)Nc3ccc(C(C)C)cc3)o2)S(=O)(=O)c2ccc(Cl)cc2)cc1. The maximum Gasteiger partial charge on any atom is 0.329 e. The maximum absolute atomic E-state index is 13.5. The van der Waals surface area contributed by atoms with E-state index >= 15 is 0 Å². The molecular weight excluding hydrogens is 576 g/mol. The average Bonchev–Trinajstić information content (AvgIpc) is 3.41. The third kappa shape index (κ3) is 8.16. The Morgan fingerprint density at radius 3 is 2.21 bits per heavy atom. The number of carbonyl (C=O) groups excluding carboxylic acids is 2. The Hall–Kier alpha value is -4.25. The fourth-order valence-corrected chi connectivity index (χ4v) is 5.47. The number of sulfonamides is 1. The Kier molecular flexibility index (Phi) is 9.95. The van der Waals surface area contributed by atoms with Gasteiger partial charge in [0.25, 0.3) is 0 Å². The highest BCUT2D eigenvalue weighted by atomic mass is 35.5. The number of benzene rings is 3. The van der Waals surface area contributed by atoms with Gasteiger partial charge in [0.1, 0.15) is 11.5 Å². The van der Waals surface area contributed by atoms with Crippen molar-refractivity contribution in [3.8, 4) is 0 Å². The van der Waals surface area contributed by atoms with Crippen LogP contribution in [0.3, 0.4) is 0 Å². The molecule has 1 aromatic heterocycles. The highest BCUT2D eigenvalue weighted by Gasteiger charge is 2.26. The molecule has 0 fully saturated rings. The maximum atomic E-state index is 13.5. The van der Waals surface area contributed by atoms with E-state index < -0.39 is 21.8 Å². The summed E-state index contributed by atoms with van der Waals surface area (Å²) in [5.74, 6) is -0.865. The first-order valence-corrected chi connectivity index (χ1v) is 15.0. The van der Waals surface area contributed by atoms with E-state index in [2.05, 4.69) is 29.7 Å². The van der Waals surface area contributed by atoms with Gasteiger partial charge in [0.15, 0.2) is 0 Å². The standard InChI is InChI=1S/C31H31ClN4O5S/c1-21(2)24-8-12-26(13-9-24)34-30(37)31(38)35-33-18-27-14-15-28(41-27)20-36(19-23-6-4-22(3)5-7-23)42(39,40)29-16-10-25(32)11-17-29/h4-18,21H,19-20H2,1-3H3,(H,34,37)(H,35,38)/b33-18+. The van der Waals surface area contributed by atoms with Crippen LogP contribution in [0.5, 0.6) is 0 Å². The Morgan fingerprint density at radius 2 is 1.57 bits per heavy atom. The minimum absolute atomic E-state index is 0.0585. The topological polar surface area (TPSA) is 121 Å². The first kappa shape index (κ1) is 30.7. The predicted molar refractivity (Wildman–Crippen MR) is 163 cm³/mol. The number of aryl methyl sites for hydroxylation is 1. The van der Waals surface area contributed by atoms with Gasteiger partial charge >= 0.3 is 11.8 Å². The van der Waals surface area contributed by atoms with Gasteiger partial charge in [-0.3, -0.25) is 9.59 Å². The van der Waals surface area contributed by atoms with Crippen LogP contribution in [0.1, 0.15) is 48.0 Å². The molecule has 1 heterocycles. The monoisotopic (exact) mass is 606 g/mol. The van der Waals surface area contributed by atoms with Crippen LogP contribution in [0.4, 0.5) is 5.69 Å². The van der Waals surface area contributed by atoms with Crippen molar-refractivity contribution < 1.29 is 22.4 Å².